The van der Waals surface area contributed by atoms with Crippen LogP contribution in [-0.2, 0) is 12.7 Å². The summed E-state index contributed by atoms with van der Waals surface area (Å²) in [7, 11) is 0. The maximum Gasteiger partial charge on any atom is 0.433 e. The van der Waals surface area contributed by atoms with Crippen LogP contribution >= 0.6 is 22.9 Å². The third-order valence-electron chi connectivity index (χ3n) is 2.08. The first kappa shape index (κ1) is 14.0. The Kier molecular flexibility index (Phi) is 3.91. The lowest BCUT2D eigenvalue weighted by Gasteiger charge is -2.08. The second-order valence-corrected chi connectivity index (χ2v) is 5.28. The van der Waals surface area contributed by atoms with E-state index >= 15 is 0 Å². The average Bonchev–Trinajstić information content (AvgIpc) is 2.71. The maximum absolute atomic E-state index is 12.5. The Morgan fingerprint density at radius 3 is 2.68 bits per heavy atom. The summed E-state index contributed by atoms with van der Waals surface area (Å²) in [5.41, 5.74) is -1.08. The van der Waals surface area contributed by atoms with Crippen LogP contribution in [0, 0.1) is 6.92 Å². The summed E-state index contributed by atoms with van der Waals surface area (Å²) in [6.07, 6.45) is -2.86. The molecule has 2 rings (SSSR count). The Hall–Kier alpha value is -1.41. The van der Waals surface area contributed by atoms with Crippen LogP contribution in [0.4, 0.5) is 19.0 Å². The predicted molar refractivity (Wildman–Crippen MR) is 66.2 cm³/mol. The minimum absolute atomic E-state index is 0.0141. The van der Waals surface area contributed by atoms with Crippen LogP contribution in [0.5, 0.6) is 0 Å². The fourth-order valence-electron chi connectivity index (χ4n) is 1.30. The molecule has 0 aliphatic rings. The quantitative estimate of drug-likeness (QED) is 0.881. The molecule has 0 unspecified atom stereocenters. The van der Waals surface area contributed by atoms with Crippen molar-refractivity contribution in [1.82, 2.24) is 15.0 Å². The number of anilines is 1. The Labute approximate surface area is 115 Å². The third kappa shape index (κ3) is 3.77. The van der Waals surface area contributed by atoms with Gasteiger partial charge >= 0.3 is 6.18 Å². The van der Waals surface area contributed by atoms with Crippen LogP contribution in [0.1, 0.15) is 15.6 Å². The Balaban J connectivity index is 2.14. The highest BCUT2D eigenvalue weighted by atomic mass is 35.5. The number of aryl methyl sites for hydroxylation is 1. The highest BCUT2D eigenvalue weighted by Gasteiger charge is 2.33. The van der Waals surface area contributed by atoms with Crippen LogP contribution in [-0.4, -0.2) is 15.0 Å². The molecule has 0 amide bonds. The van der Waals surface area contributed by atoms with E-state index in [1.54, 1.807) is 6.20 Å². The summed E-state index contributed by atoms with van der Waals surface area (Å²) in [5, 5.41) is 3.04. The van der Waals surface area contributed by atoms with E-state index in [1.807, 2.05) is 6.92 Å². The molecule has 2 heterocycles. The lowest BCUT2D eigenvalue weighted by molar-refractivity contribution is -0.141. The van der Waals surface area contributed by atoms with Gasteiger partial charge in [0.05, 0.1) is 6.54 Å². The molecule has 0 spiro atoms. The predicted octanol–water partition coefficient (Wildman–Crippen LogP) is 3.53. The molecule has 1 N–H and O–H groups in total. The Bertz CT molecular complexity index is 584. The number of aromatic nitrogens is 3. The number of halogens is 4. The highest BCUT2D eigenvalue weighted by Crippen LogP contribution is 2.29. The van der Waals surface area contributed by atoms with E-state index in [4.69, 9.17) is 11.6 Å². The topological polar surface area (TPSA) is 50.7 Å². The molecule has 0 saturated carbocycles. The van der Waals surface area contributed by atoms with Gasteiger partial charge in [-0.25, -0.2) is 15.0 Å². The maximum atomic E-state index is 12.5. The standard InChI is InChI=1S/C10H8ClF3N4S/c1-5-3-16-8(19-5)4-15-7-2-6(10(12,13)14)17-9(11)18-7/h2-3H,4H2,1H3,(H,15,17,18). The van der Waals surface area contributed by atoms with Crippen LogP contribution in [0.25, 0.3) is 0 Å². The molecule has 2 aromatic rings. The van der Waals surface area contributed by atoms with Crippen molar-refractivity contribution >= 4 is 28.8 Å². The summed E-state index contributed by atoms with van der Waals surface area (Å²) in [6, 6.07) is 0.812. The van der Waals surface area contributed by atoms with Gasteiger partial charge in [0.1, 0.15) is 10.8 Å². The summed E-state index contributed by atoms with van der Waals surface area (Å²) < 4.78 is 37.6. The van der Waals surface area contributed by atoms with Crippen molar-refractivity contribution < 1.29 is 13.2 Å². The van der Waals surface area contributed by atoms with Crippen LogP contribution in [0.15, 0.2) is 12.3 Å². The van der Waals surface area contributed by atoms with Crippen molar-refractivity contribution in [3.05, 3.63) is 33.1 Å². The van der Waals surface area contributed by atoms with Gasteiger partial charge in [-0.15, -0.1) is 11.3 Å². The molecular weight excluding hydrogens is 301 g/mol. The zero-order valence-electron chi connectivity index (χ0n) is 9.62. The smallest absolute Gasteiger partial charge is 0.363 e. The average molecular weight is 309 g/mol. The second kappa shape index (κ2) is 5.30. The minimum Gasteiger partial charge on any atom is -0.363 e. The van der Waals surface area contributed by atoms with E-state index in [1.165, 1.54) is 11.3 Å². The molecule has 0 aromatic carbocycles. The molecule has 0 radical (unpaired) electrons. The van der Waals surface area contributed by atoms with Gasteiger partial charge in [0.2, 0.25) is 5.28 Å². The summed E-state index contributed by atoms with van der Waals surface area (Å²) >= 11 is 6.92. The van der Waals surface area contributed by atoms with Gasteiger partial charge in [-0.3, -0.25) is 0 Å². The zero-order valence-corrected chi connectivity index (χ0v) is 11.2. The van der Waals surface area contributed by atoms with Gasteiger partial charge in [-0.05, 0) is 18.5 Å². The SMILES string of the molecule is Cc1cnc(CNc2cc(C(F)(F)F)nc(Cl)n2)s1. The van der Waals surface area contributed by atoms with E-state index < -0.39 is 17.2 Å². The fraction of sp³-hybridized carbons (Fsp3) is 0.300. The number of alkyl halides is 3. The van der Waals surface area contributed by atoms with Gasteiger partial charge in [0, 0.05) is 17.1 Å². The molecule has 2 aromatic heterocycles. The van der Waals surface area contributed by atoms with E-state index in [0.717, 1.165) is 16.0 Å². The van der Waals surface area contributed by atoms with E-state index in [-0.39, 0.29) is 12.4 Å². The highest BCUT2D eigenvalue weighted by molar-refractivity contribution is 7.11. The Morgan fingerprint density at radius 1 is 1.37 bits per heavy atom. The van der Waals surface area contributed by atoms with Gasteiger partial charge < -0.3 is 5.32 Å². The van der Waals surface area contributed by atoms with E-state index in [2.05, 4.69) is 20.3 Å². The molecule has 0 bridgehead atoms. The van der Waals surface area contributed by atoms with Crippen molar-refractivity contribution in [2.24, 2.45) is 0 Å². The molecule has 4 nitrogen and oxygen atoms in total. The van der Waals surface area contributed by atoms with Crippen LogP contribution in [0.2, 0.25) is 5.28 Å². The molecule has 0 saturated heterocycles. The van der Waals surface area contributed by atoms with Crippen molar-refractivity contribution in [2.75, 3.05) is 5.32 Å². The number of nitrogens with one attached hydrogen (secondary N) is 1. The lowest BCUT2D eigenvalue weighted by atomic mass is 10.4. The Morgan fingerprint density at radius 2 is 2.11 bits per heavy atom. The molecule has 9 heteroatoms. The van der Waals surface area contributed by atoms with Gasteiger partial charge in [0.15, 0.2) is 5.69 Å². The van der Waals surface area contributed by atoms with Crippen molar-refractivity contribution in [1.29, 1.82) is 0 Å². The fourth-order valence-corrected chi connectivity index (χ4v) is 2.21. The normalized spacial score (nSPS) is 11.6. The van der Waals surface area contributed by atoms with Gasteiger partial charge in [0.25, 0.3) is 0 Å². The number of rotatable bonds is 3. The summed E-state index contributed by atoms with van der Waals surface area (Å²) in [5.74, 6) is 0.0141. The third-order valence-corrected chi connectivity index (χ3v) is 3.16. The number of thiazole rings is 1. The summed E-state index contributed by atoms with van der Waals surface area (Å²) in [4.78, 5) is 11.9. The lowest BCUT2D eigenvalue weighted by Crippen LogP contribution is -2.11. The number of hydrogen-bond acceptors (Lipinski definition) is 5. The van der Waals surface area contributed by atoms with Gasteiger partial charge in [-0.1, -0.05) is 0 Å². The van der Waals surface area contributed by atoms with E-state index in [0.29, 0.717) is 0 Å². The minimum atomic E-state index is -4.55. The summed E-state index contributed by atoms with van der Waals surface area (Å²) in [6.45, 7) is 2.17. The number of nitrogens with zero attached hydrogens (tertiary/aromatic N) is 3. The number of hydrogen-bond donors (Lipinski definition) is 1. The molecule has 102 valence electrons. The van der Waals surface area contributed by atoms with Crippen molar-refractivity contribution in [3.63, 3.8) is 0 Å². The molecule has 0 aliphatic carbocycles. The molecule has 0 atom stereocenters. The second-order valence-electron chi connectivity index (χ2n) is 3.62. The first-order valence-corrected chi connectivity index (χ1v) is 6.31. The molecule has 19 heavy (non-hydrogen) atoms. The molecule has 0 fully saturated rings. The monoisotopic (exact) mass is 308 g/mol. The van der Waals surface area contributed by atoms with Crippen LogP contribution < -0.4 is 5.32 Å². The molecule has 0 aliphatic heterocycles. The van der Waals surface area contributed by atoms with Crippen molar-refractivity contribution in [2.45, 2.75) is 19.6 Å². The largest absolute Gasteiger partial charge is 0.433 e. The van der Waals surface area contributed by atoms with E-state index in [9.17, 15) is 13.2 Å². The first-order valence-electron chi connectivity index (χ1n) is 5.11. The van der Waals surface area contributed by atoms with Crippen LogP contribution in [0.3, 0.4) is 0 Å². The van der Waals surface area contributed by atoms with Crippen molar-refractivity contribution in [3.8, 4) is 0 Å². The first-order chi connectivity index (χ1) is 8.84. The molecular formula is C10H8ClF3N4S. The zero-order chi connectivity index (χ0) is 14.0. The van der Waals surface area contributed by atoms with Gasteiger partial charge in [-0.2, -0.15) is 13.2 Å².